The first-order chi connectivity index (χ1) is 16.7. The molecule has 0 unspecified atom stereocenters. The van der Waals surface area contributed by atoms with Crippen LogP contribution < -0.4 is 20.9 Å². The van der Waals surface area contributed by atoms with Crippen LogP contribution in [0.15, 0.2) is 35.3 Å². The van der Waals surface area contributed by atoms with E-state index in [1.165, 1.54) is 5.56 Å². The number of hydrogen-bond donors (Lipinski definition) is 3. The molecule has 9 nitrogen and oxygen atoms in total. The Morgan fingerprint density at radius 3 is 2.79 bits per heavy atom. The molecule has 5 rings (SSSR count). The summed E-state index contributed by atoms with van der Waals surface area (Å²) in [6.07, 6.45) is 4.64. The van der Waals surface area contributed by atoms with Crippen molar-refractivity contribution in [3.05, 3.63) is 52.1 Å². The topological polar surface area (TPSA) is 104 Å². The standard InChI is InChI=1S/C25H32N6O3/c1-33-23-14-18(17-4-7-26-8-5-17)2-3-20(23)29-21-15-19(6-9-31-10-12-34-13-11-31)28-22-16-27-30-25(32)24(21)22/h2-3,14-17,26H,4-13H2,1H3,(H,28,29)(H,30,32). The molecule has 3 aromatic rings. The number of pyridine rings is 1. The molecular formula is C25H32N6O3. The lowest BCUT2D eigenvalue weighted by molar-refractivity contribution is 0.0383. The number of benzene rings is 1. The predicted octanol–water partition coefficient (Wildman–Crippen LogP) is 2.41. The van der Waals surface area contributed by atoms with Gasteiger partial charge >= 0.3 is 0 Å². The van der Waals surface area contributed by atoms with Gasteiger partial charge in [-0.25, -0.2) is 5.10 Å². The average Bonchev–Trinajstić information content (AvgIpc) is 2.89. The molecule has 34 heavy (non-hydrogen) atoms. The zero-order valence-electron chi connectivity index (χ0n) is 19.6. The number of H-pyrrole nitrogens is 1. The Kier molecular flexibility index (Phi) is 7.03. The molecule has 0 radical (unpaired) electrons. The number of piperidine rings is 1. The van der Waals surface area contributed by atoms with Crippen molar-refractivity contribution in [3.8, 4) is 5.75 Å². The minimum Gasteiger partial charge on any atom is -0.495 e. The maximum absolute atomic E-state index is 12.7. The van der Waals surface area contributed by atoms with Crippen LogP contribution in [0.1, 0.15) is 30.0 Å². The van der Waals surface area contributed by atoms with Crippen molar-refractivity contribution in [2.75, 3.05) is 58.4 Å². The van der Waals surface area contributed by atoms with Crippen molar-refractivity contribution in [2.45, 2.75) is 25.2 Å². The number of aromatic amines is 1. The van der Waals surface area contributed by atoms with Crippen LogP contribution in [0.3, 0.4) is 0 Å². The van der Waals surface area contributed by atoms with Crippen molar-refractivity contribution in [3.63, 3.8) is 0 Å². The van der Waals surface area contributed by atoms with Gasteiger partial charge in [-0.1, -0.05) is 6.07 Å². The number of hydrogen-bond acceptors (Lipinski definition) is 8. The highest BCUT2D eigenvalue weighted by atomic mass is 16.5. The summed E-state index contributed by atoms with van der Waals surface area (Å²) < 4.78 is 11.2. The third-order valence-electron chi connectivity index (χ3n) is 6.77. The number of rotatable bonds is 7. The van der Waals surface area contributed by atoms with Crippen molar-refractivity contribution in [2.24, 2.45) is 0 Å². The van der Waals surface area contributed by atoms with Crippen LogP contribution in [0, 0.1) is 0 Å². The van der Waals surface area contributed by atoms with Crippen LogP contribution in [0.4, 0.5) is 11.4 Å². The van der Waals surface area contributed by atoms with Gasteiger partial charge in [-0.15, -0.1) is 0 Å². The van der Waals surface area contributed by atoms with Crippen LogP contribution in [0.25, 0.3) is 10.9 Å². The van der Waals surface area contributed by atoms with Crippen molar-refractivity contribution in [1.29, 1.82) is 0 Å². The molecule has 2 aliphatic heterocycles. The first-order valence-electron chi connectivity index (χ1n) is 12.0. The lowest BCUT2D eigenvalue weighted by atomic mass is 9.90. The Labute approximate surface area is 198 Å². The summed E-state index contributed by atoms with van der Waals surface area (Å²) in [5.74, 6) is 1.30. The lowest BCUT2D eigenvalue weighted by Crippen LogP contribution is -2.37. The SMILES string of the molecule is COc1cc(C2CCNCC2)ccc1Nc1cc(CCN2CCOCC2)nc2cn[nH]c(=O)c12. The molecular weight excluding hydrogens is 432 g/mol. The quantitative estimate of drug-likeness (QED) is 0.490. The number of aromatic nitrogens is 3. The second-order valence-electron chi connectivity index (χ2n) is 8.93. The third kappa shape index (κ3) is 5.06. The number of ether oxygens (including phenoxy) is 2. The molecule has 2 aliphatic rings. The molecule has 0 spiro atoms. The summed E-state index contributed by atoms with van der Waals surface area (Å²) in [4.78, 5) is 19.8. The van der Waals surface area contributed by atoms with Gasteiger partial charge in [0.1, 0.15) is 5.75 Å². The molecule has 1 aromatic carbocycles. The monoisotopic (exact) mass is 464 g/mol. The smallest absolute Gasteiger partial charge is 0.275 e. The first-order valence-corrected chi connectivity index (χ1v) is 12.0. The van der Waals surface area contributed by atoms with Crippen LogP contribution in [0.5, 0.6) is 5.75 Å². The number of nitrogens with one attached hydrogen (secondary N) is 3. The van der Waals surface area contributed by atoms with Gasteiger partial charge in [0, 0.05) is 31.7 Å². The number of morpholine rings is 1. The Bertz CT molecular complexity index is 1180. The van der Waals surface area contributed by atoms with E-state index in [9.17, 15) is 4.79 Å². The average molecular weight is 465 g/mol. The van der Waals surface area contributed by atoms with Crippen LogP contribution in [-0.2, 0) is 11.2 Å². The van der Waals surface area contributed by atoms with E-state index in [-0.39, 0.29) is 5.56 Å². The molecule has 0 saturated carbocycles. The van der Waals surface area contributed by atoms with Gasteiger partial charge in [0.2, 0.25) is 0 Å². The van der Waals surface area contributed by atoms with Crippen LogP contribution >= 0.6 is 0 Å². The zero-order chi connectivity index (χ0) is 23.3. The second-order valence-corrected chi connectivity index (χ2v) is 8.93. The van der Waals surface area contributed by atoms with Gasteiger partial charge in [-0.05, 0) is 55.6 Å². The zero-order valence-corrected chi connectivity index (χ0v) is 19.6. The molecule has 2 saturated heterocycles. The fraction of sp³-hybridized carbons (Fsp3) is 0.480. The third-order valence-corrected chi connectivity index (χ3v) is 6.77. The van der Waals surface area contributed by atoms with Crippen molar-refractivity contribution >= 4 is 22.3 Å². The van der Waals surface area contributed by atoms with Gasteiger partial charge in [-0.2, -0.15) is 5.10 Å². The highest BCUT2D eigenvalue weighted by Gasteiger charge is 2.18. The summed E-state index contributed by atoms with van der Waals surface area (Å²) in [6.45, 7) is 6.38. The molecule has 0 amide bonds. The second kappa shape index (κ2) is 10.5. The van der Waals surface area contributed by atoms with E-state index in [0.29, 0.717) is 22.5 Å². The van der Waals surface area contributed by atoms with E-state index < -0.39 is 0 Å². The Balaban J connectivity index is 1.44. The van der Waals surface area contributed by atoms with E-state index in [0.717, 1.165) is 82.3 Å². The number of nitrogens with zero attached hydrogens (tertiary/aromatic N) is 3. The molecule has 3 N–H and O–H groups in total. The van der Waals surface area contributed by atoms with E-state index >= 15 is 0 Å². The lowest BCUT2D eigenvalue weighted by Gasteiger charge is -2.26. The first kappa shape index (κ1) is 22.8. The number of anilines is 2. The van der Waals surface area contributed by atoms with Gasteiger partial charge in [0.25, 0.3) is 5.56 Å². The maximum Gasteiger partial charge on any atom is 0.275 e. The fourth-order valence-corrected chi connectivity index (χ4v) is 4.85. The van der Waals surface area contributed by atoms with Crippen molar-refractivity contribution in [1.82, 2.24) is 25.4 Å². The number of fused-ring (bicyclic) bond motifs is 1. The molecule has 4 heterocycles. The molecule has 0 aliphatic carbocycles. The fourth-order valence-electron chi connectivity index (χ4n) is 4.85. The van der Waals surface area contributed by atoms with E-state index in [1.54, 1.807) is 13.3 Å². The summed E-state index contributed by atoms with van der Waals surface area (Å²) in [6, 6.07) is 8.30. The Hall–Kier alpha value is -3.01. The normalized spacial score (nSPS) is 17.7. The highest BCUT2D eigenvalue weighted by molar-refractivity contribution is 5.92. The minimum atomic E-state index is -0.266. The Morgan fingerprint density at radius 2 is 2.00 bits per heavy atom. The van der Waals surface area contributed by atoms with Gasteiger partial charge in [-0.3, -0.25) is 14.7 Å². The molecule has 9 heteroatoms. The Morgan fingerprint density at radius 1 is 1.18 bits per heavy atom. The molecule has 0 atom stereocenters. The maximum atomic E-state index is 12.7. The predicted molar refractivity (Wildman–Crippen MR) is 132 cm³/mol. The van der Waals surface area contributed by atoms with Crippen LogP contribution in [0.2, 0.25) is 0 Å². The minimum absolute atomic E-state index is 0.266. The summed E-state index contributed by atoms with van der Waals surface area (Å²) in [7, 11) is 1.68. The van der Waals surface area contributed by atoms with Gasteiger partial charge < -0.3 is 20.1 Å². The van der Waals surface area contributed by atoms with Crippen molar-refractivity contribution < 1.29 is 9.47 Å². The van der Waals surface area contributed by atoms with E-state index in [4.69, 9.17) is 14.5 Å². The summed E-state index contributed by atoms with van der Waals surface area (Å²) in [5, 5.41) is 13.9. The van der Waals surface area contributed by atoms with E-state index in [1.807, 2.05) is 12.1 Å². The van der Waals surface area contributed by atoms with Gasteiger partial charge in [0.05, 0.1) is 48.8 Å². The summed E-state index contributed by atoms with van der Waals surface area (Å²) in [5.41, 5.74) is 4.05. The molecule has 2 aromatic heterocycles. The highest BCUT2D eigenvalue weighted by Crippen LogP contribution is 2.35. The molecule has 2 fully saturated rings. The largest absolute Gasteiger partial charge is 0.495 e. The summed E-state index contributed by atoms with van der Waals surface area (Å²) >= 11 is 0. The van der Waals surface area contributed by atoms with Crippen LogP contribution in [-0.4, -0.2) is 73.1 Å². The molecule has 0 bridgehead atoms. The van der Waals surface area contributed by atoms with E-state index in [2.05, 4.69) is 37.9 Å². The number of methoxy groups -OCH3 is 1. The van der Waals surface area contributed by atoms with Gasteiger partial charge in [0.15, 0.2) is 0 Å². The molecule has 180 valence electrons.